The van der Waals surface area contributed by atoms with Gasteiger partial charge < -0.3 is 0 Å². The molecule has 0 saturated heterocycles. The lowest BCUT2D eigenvalue weighted by molar-refractivity contribution is -0.137. The van der Waals surface area contributed by atoms with Crippen LogP contribution in [0.3, 0.4) is 0 Å². The molecule has 0 aliphatic carbocycles. The monoisotopic (exact) mass is 608 g/mol. The molecule has 0 fully saturated rings. The Balaban J connectivity index is 1.52. The number of para-hydroxylation sites is 1. The van der Waals surface area contributed by atoms with Gasteiger partial charge in [-0.1, -0.05) is 89.6 Å². The lowest BCUT2D eigenvalue weighted by atomic mass is 10.2. The summed E-state index contributed by atoms with van der Waals surface area (Å²) in [4.78, 5) is 27.9. The van der Waals surface area contributed by atoms with E-state index < -0.39 is 17.3 Å². The van der Waals surface area contributed by atoms with Crippen molar-refractivity contribution in [2.24, 2.45) is 0 Å². The normalized spacial score (nSPS) is 11.8. The Kier molecular flexibility index (Phi) is 7.19. The zero-order chi connectivity index (χ0) is 28.7. The van der Waals surface area contributed by atoms with Crippen molar-refractivity contribution in [1.29, 1.82) is 0 Å². The molecule has 0 aliphatic heterocycles. The predicted molar refractivity (Wildman–Crippen MR) is 157 cm³/mol. The summed E-state index contributed by atoms with van der Waals surface area (Å²) in [6, 6.07) is 24.4. The SMILES string of the molecule is O=c1c2cc(Cl)cc(Cl)c2nc(CSc2nc(-c3ccccc3)nc3ccccc23)n1-c1cccc(C(F)(F)F)c1. The number of fused-ring (bicyclic) bond motifs is 2. The topological polar surface area (TPSA) is 60.7 Å². The molecule has 0 spiro atoms. The Labute approximate surface area is 245 Å². The third kappa shape index (κ3) is 5.40. The minimum atomic E-state index is -4.60. The fourth-order valence-corrected chi connectivity index (χ4v) is 5.92. The molecule has 0 bridgehead atoms. The van der Waals surface area contributed by atoms with Crippen LogP contribution < -0.4 is 5.56 Å². The van der Waals surface area contributed by atoms with Gasteiger partial charge in [0.05, 0.1) is 38.4 Å². The summed E-state index contributed by atoms with van der Waals surface area (Å²) in [5.74, 6) is 0.807. The van der Waals surface area contributed by atoms with E-state index in [1.807, 2.05) is 54.6 Å². The van der Waals surface area contributed by atoms with E-state index in [-0.39, 0.29) is 38.2 Å². The van der Waals surface area contributed by atoms with Gasteiger partial charge in [-0.05, 0) is 36.4 Å². The van der Waals surface area contributed by atoms with Gasteiger partial charge in [-0.15, -0.1) is 0 Å². The number of hydrogen-bond acceptors (Lipinski definition) is 5. The van der Waals surface area contributed by atoms with Crippen LogP contribution in [0.2, 0.25) is 10.0 Å². The van der Waals surface area contributed by atoms with Gasteiger partial charge in [0.15, 0.2) is 5.82 Å². The molecule has 6 aromatic rings. The Bertz CT molecular complexity index is 2000. The van der Waals surface area contributed by atoms with E-state index in [1.54, 1.807) is 0 Å². The number of aromatic nitrogens is 4. The van der Waals surface area contributed by atoms with Crippen LogP contribution in [0.5, 0.6) is 0 Å². The second-order valence-corrected chi connectivity index (χ2v) is 10.8. The van der Waals surface area contributed by atoms with Crippen molar-refractivity contribution in [1.82, 2.24) is 19.5 Å². The number of rotatable bonds is 5. The molecule has 2 heterocycles. The minimum absolute atomic E-state index is 0.0171. The molecular formula is C30H17Cl2F3N4OS. The quantitative estimate of drug-likeness (QED) is 0.145. The third-order valence-electron chi connectivity index (χ3n) is 6.33. The Hall–Kier alpha value is -3.92. The van der Waals surface area contributed by atoms with E-state index in [1.165, 1.54) is 40.6 Å². The molecule has 5 nitrogen and oxygen atoms in total. The molecule has 0 amide bonds. The molecule has 0 radical (unpaired) electrons. The van der Waals surface area contributed by atoms with Crippen molar-refractivity contribution in [3.05, 3.63) is 123 Å². The van der Waals surface area contributed by atoms with Gasteiger partial charge in [0, 0.05) is 16.0 Å². The van der Waals surface area contributed by atoms with Gasteiger partial charge in [-0.3, -0.25) is 9.36 Å². The average molecular weight is 609 g/mol. The second kappa shape index (κ2) is 10.8. The first-order chi connectivity index (χ1) is 19.7. The summed E-state index contributed by atoms with van der Waals surface area (Å²) in [6.07, 6.45) is -4.60. The van der Waals surface area contributed by atoms with E-state index in [4.69, 9.17) is 33.2 Å². The average Bonchev–Trinajstić information content (AvgIpc) is 2.96. The highest BCUT2D eigenvalue weighted by molar-refractivity contribution is 7.98. The zero-order valence-corrected chi connectivity index (χ0v) is 23.2. The molecule has 0 N–H and O–H groups in total. The van der Waals surface area contributed by atoms with Crippen LogP contribution in [0, 0.1) is 0 Å². The van der Waals surface area contributed by atoms with E-state index in [9.17, 15) is 18.0 Å². The standard InChI is InChI=1S/C30H17Cl2F3N4OS/c31-19-14-22-26(23(32)15-19)37-25(39(29(22)40)20-10-6-9-18(13-20)30(33,34)35)16-41-28-21-11-4-5-12-24(21)36-27(38-28)17-7-2-1-3-8-17/h1-15H,16H2. The van der Waals surface area contributed by atoms with Crippen molar-refractivity contribution in [2.75, 3.05) is 0 Å². The minimum Gasteiger partial charge on any atom is -0.268 e. The lowest BCUT2D eigenvalue weighted by Crippen LogP contribution is -2.24. The maximum atomic E-state index is 13.8. The number of benzene rings is 4. The van der Waals surface area contributed by atoms with Gasteiger partial charge in [-0.25, -0.2) is 15.0 Å². The van der Waals surface area contributed by atoms with E-state index in [0.29, 0.717) is 10.9 Å². The highest BCUT2D eigenvalue weighted by atomic mass is 35.5. The molecule has 0 unspecified atom stereocenters. The fraction of sp³-hybridized carbons (Fsp3) is 0.0667. The fourth-order valence-electron chi connectivity index (χ4n) is 4.45. The molecule has 2 aromatic heterocycles. The van der Waals surface area contributed by atoms with Gasteiger partial charge in [-0.2, -0.15) is 13.2 Å². The molecule has 204 valence electrons. The Morgan fingerprint density at radius 2 is 1.56 bits per heavy atom. The van der Waals surface area contributed by atoms with Gasteiger partial charge in [0.25, 0.3) is 5.56 Å². The molecule has 4 aromatic carbocycles. The van der Waals surface area contributed by atoms with E-state index in [2.05, 4.69) is 4.98 Å². The van der Waals surface area contributed by atoms with Crippen molar-refractivity contribution >= 4 is 56.8 Å². The number of nitrogens with zero attached hydrogens (tertiary/aromatic N) is 4. The molecule has 11 heteroatoms. The molecule has 0 saturated carbocycles. The van der Waals surface area contributed by atoms with Gasteiger partial charge in [0.2, 0.25) is 0 Å². The van der Waals surface area contributed by atoms with Crippen molar-refractivity contribution in [3.8, 4) is 17.1 Å². The summed E-state index contributed by atoms with van der Waals surface area (Å²) in [7, 11) is 0. The van der Waals surface area contributed by atoms with Crippen molar-refractivity contribution in [2.45, 2.75) is 17.0 Å². The van der Waals surface area contributed by atoms with Gasteiger partial charge >= 0.3 is 6.18 Å². The molecule has 0 aliphatic rings. The molecular weight excluding hydrogens is 592 g/mol. The molecule has 0 atom stereocenters. The van der Waals surface area contributed by atoms with Crippen LogP contribution >= 0.6 is 35.0 Å². The number of thioether (sulfide) groups is 1. The first-order valence-corrected chi connectivity index (χ1v) is 14.0. The number of alkyl halides is 3. The maximum absolute atomic E-state index is 13.8. The Morgan fingerprint density at radius 3 is 2.34 bits per heavy atom. The van der Waals surface area contributed by atoms with Crippen molar-refractivity contribution in [3.63, 3.8) is 0 Å². The largest absolute Gasteiger partial charge is 0.416 e. The van der Waals surface area contributed by atoms with E-state index in [0.717, 1.165) is 28.6 Å². The molecule has 41 heavy (non-hydrogen) atoms. The second-order valence-electron chi connectivity index (χ2n) is 9.02. The summed E-state index contributed by atoms with van der Waals surface area (Å²) in [5, 5.41) is 1.87. The smallest absolute Gasteiger partial charge is 0.268 e. The van der Waals surface area contributed by atoms with E-state index >= 15 is 0 Å². The van der Waals surface area contributed by atoms with Crippen LogP contribution in [-0.4, -0.2) is 19.5 Å². The third-order valence-corrected chi connectivity index (χ3v) is 7.82. The summed E-state index contributed by atoms with van der Waals surface area (Å²) in [5.41, 5.74) is 0.295. The van der Waals surface area contributed by atoms with Crippen LogP contribution in [0.25, 0.3) is 38.9 Å². The predicted octanol–water partition coefficient (Wildman–Crippen LogP) is 8.61. The highest BCUT2D eigenvalue weighted by Gasteiger charge is 2.31. The number of hydrogen-bond donors (Lipinski definition) is 0. The summed E-state index contributed by atoms with van der Waals surface area (Å²) in [6.45, 7) is 0. The van der Waals surface area contributed by atoms with Crippen LogP contribution in [0.4, 0.5) is 13.2 Å². The lowest BCUT2D eigenvalue weighted by Gasteiger charge is -2.16. The Morgan fingerprint density at radius 1 is 0.805 bits per heavy atom. The number of halogens is 5. The first-order valence-electron chi connectivity index (χ1n) is 12.2. The van der Waals surface area contributed by atoms with Crippen molar-refractivity contribution < 1.29 is 13.2 Å². The zero-order valence-electron chi connectivity index (χ0n) is 20.9. The summed E-state index contributed by atoms with van der Waals surface area (Å²) >= 11 is 13.8. The van der Waals surface area contributed by atoms with Crippen LogP contribution in [0.15, 0.2) is 101 Å². The summed E-state index contributed by atoms with van der Waals surface area (Å²) < 4.78 is 41.9. The van der Waals surface area contributed by atoms with Crippen LogP contribution in [0.1, 0.15) is 11.4 Å². The van der Waals surface area contributed by atoms with Crippen LogP contribution in [-0.2, 0) is 11.9 Å². The van der Waals surface area contributed by atoms with Gasteiger partial charge in [0.1, 0.15) is 10.9 Å². The first kappa shape index (κ1) is 27.3. The maximum Gasteiger partial charge on any atom is 0.416 e. The molecule has 6 rings (SSSR count). The highest BCUT2D eigenvalue weighted by Crippen LogP contribution is 2.34.